The van der Waals surface area contributed by atoms with Crippen molar-refractivity contribution in [1.29, 1.82) is 0 Å². The molecule has 1 aliphatic rings. The first kappa shape index (κ1) is 11.9. The molecule has 0 aliphatic heterocycles. The minimum Gasteiger partial charge on any atom is -0.490 e. The van der Waals surface area contributed by atoms with Crippen LogP contribution < -0.4 is 4.74 Å². The maximum atomic E-state index is 13.0. The molecule has 0 saturated heterocycles. The molecule has 1 fully saturated rings. The van der Waals surface area contributed by atoms with Crippen molar-refractivity contribution in [3.8, 4) is 5.75 Å². The van der Waals surface area contributed by atoms with Crippen LogP contribution in [0.5, 0.6) is 5.75 Å². The molecule has 2 rings (SSSR count). The number of ether oxygens (including phenoxy) is 1. The fourth-order valence-electron chi connectivity index (χ4n) is 2.10. The van der Waals surface area contributed by atoms with Crippen molar-refractivity contribution in [2.24, 2.45) is 0 Å². The van der Waals surface area contributed by atoms with Crippen LogP contribution in [0.3, 0.4) is 0 Å². The maximum absolute atomic E-state index is 13.0. The summed E-state index contributed by atoms with van der Waals surface area (Å²) in [5.41, 5.74) is 0. The Bertz CT molecular complexity index is 346. The minimum absolute atomic E-state index is 0.242. The van der Waals surface area contributed by atoms with Crippen molar-refractivity contribution in [3.05, 3.63) is 28.5 Å². The number of benzene rings is 1. The molecule has 0 aromatic heterocycles. The Morgan fingerprint density at radius 2 is 1.81 bits per heavy atom. The molecule has 0 spiro atoms. The molecule has 1 aromatic carbocycles. The van der Waals surface area contributed by atoms with E-state index in [1.807, 2.05) is 0 Å². The highest BCUT2D eigenvalue weighted by Crippen LogP contribution is 2.26. The van der Waals surface area contributed by atoms with E-state index < -0.39 is 0 Å². The summed E-state index contributed by atoms with van der Waals surface area (Å²) in [7, 11) is 0. The van der Waals surface area contributed by atoms with Crippen molar-refractivity contribution in [3.63, 3.8) is 0 Å². The van der Waals surface area contributed by atoms with Crippen LogP contribution in [0.15, 0.2) is 22.7 Å². The van der Waals surface area contributed by atoms with Gasteiger partial charge in [0, 0.05) is 0 Å². The van der Waals surface area contributed by atoms with E-state index in [9.17, 15) is 4.39 Å². The van der Waals surface area contributed by atoms with Gasteiger partial charge in [-0.25, -0.2) is 4.39 Å². The van der Waals surface area contributed by atoms with E-state index in [0.717, 1.165) is 18.6 Å². The Morgan fingerprint density at radius 1 is 1.12 bits per heavy atom. The zero-order chi connectivity index (χ0) is 11.4. The lowest BCUT2D eigenvalue weighted by Gasteiger charge is -2.17. The van der Waals surface area contributed by atoms with Crippen molar-refractivity contribution >= 4 is 15.9 Å². The lowest BCUT2D eigenvalue weighted by Crippen LogP contribution is -2.15. The Labute approximate surface area is 104 Å². The van der Waals surface area contributed by atoms with Crippen LogP contribution in [-0.4, -0.2) is 6.10 Å². The lowest BCUT2D eigenvalue weighted by atomic mass is 10.1. The molecule has 0 N–H and O–H groups in total. The number of hydrogen-bond donors (Lipinski definition) is 0. The van der Waals surface area contributed by atoms with E-state index in [4.69, 9.17) is 4.74 Å². The van der Waals surface area contributed by atoms with Gasteiger partial charge in [0.15, 0.2) is 0 Å². The highest BCUT2D eigenvalue weighted by atomic mass is 79.9. The minimum atomic E-state index is -0.242. The van der Waals surface area contributed by atoms with Gasteiger partial charge < -0.3 is 4.74 Å². The standard InChI is InChI=1S/C13H16BrFO/c14-12-9-11(7-8-13(12)15)16-10-5-3-1-2-4-6-10/h7-10H,1-6H2. The highest BCUT2D eigenvalue weighted by molar-refractivity contribution is 9.10. The zero-order valence-corrected chi connectivity index (χ0v) is 10.8. The second-order valence-corrected chi connectivity index (χ2v) is 5.16. The van der Waals surface area contributed by atoms with Gasteiger partial charge in [-0.3, -0.25) is 0 Å². The summed E-state index contributed by atoms with van der Waals surface area (Å²) in [6.07, 6.45) is 7.66. The van der Waals surface area contributed by atoms with Gasteiger partial charge in [-0.1, -0.05) is 12.8 Å². The fourth-order valence-corrected chi connectivity index (χ4v) is 2.46. The second kappa shape index (κ2) is 5.67. The van der Waals surface area contributed by atoms with Gasteiger partial charge in [-0.05, 0) is 59.8 Å². The monoisotopic (exact) mass is 286 g/mol. The summed E-state index contributed by atoms with van der Waals surface area (Å²) in [5, 5.41) is 0. The van der Waals surface area contributed by atoms with Crippen molar-refractivity contribution in [2.45, 2.75) is 44.6 Å². The Balaban J connectivity index is 1.99. The smallest absolute Gasteiger partial charge is 0.137 e. The highest BCUT2D eigenvalue weighted by Gasteiger charge is 2.14. The third kappa shape index (κ3) is 3.21. The molecule has 0 amide bonds. The quantitative estimate of drug-likeness (QED) is 0.717. The van der Waals surface area contributed by atoms with Crippen LogP contribution >= 0.6 is 15.9 Å². The van der Waals surface area contributed by atoms with Crippen molar-refractivity contribution in [2.75, 3.05) is 0 Å². The van der Waals surface area contributed by atoms with E-state index in [2.05, 4.69) is 15.9 Å². The van der Waals surface area contributed by atoms with Crippen LogP contribution in [0.2, 0.25) is 0 Å². The first-order chi connectivity index (χ1) is 7.75. The van der Waals surface area contributed by atoms with E-state index in [0.29, 0.717) is 10.6 Å². The van der Waals surface area contributed by atoms with Gasteiger partial charge in [0.25, 0.3) is 0 Å². The Kier molecular flexibility index (Phi) is 4.22. The molecular formula is C13H16BrFO. The predicted octanol–water partition coefficient (Wildman–Crippen LogP) is 4.69. The van der Waals surface area contributed by atoms with E-state index in [1.54, 1.807) is 12.1 Å². The van der Waals surface area contributed by atoms with E-state index in [1.165, 1.54) is 31.7 Å². The molecule has 16 heavy (non-hydrogen) atoms. The third-order valence-electron chi connectivity index (χ3n) is 3.00. The molecule has 0 bridgehead atoms. The van der Waals surface area contributed by atoms with Crippen LogP contribution in [0.25, 0.3) is 0 Å². The van der Waals surface area contributed by atoms with Crippen LogP contribution in [0.1, 0.15) is 38.5 Å². The molecule has 1 aromatic rings. The van der Waals surface area contributed by atoms with Crippen LogP contribution in [0.4, 0.5) is 4.39 Å². The molecule has 1 saturated carbocycles. The van der Waals surface area contributed by atoms with Gasteiger partial charge in [-0.2, -0.15) is 0 Å². The normalized spacial score (nSPS) is 18.1. The summed E-state index contributed by atoms with van der Waals surface area (Å²) in [5.74, 6) is 0.522. The molecule has 3 heteroatoms. The summed E-state index contributed by atoms with van der Waals surface area (Å²) in [6.45, 7) is 0. The fraction of sp³-hybridized carbons (Fsp3) is 0.538. The van der Waals surface area contributed by atoms with Crippen molar-refractivity contribution < 1.29 is 9.13 Å². The molecule has 0 atom stereocenters. The summed E-state index contributed by atoms with van der Waals surface area (Å²) >= 11 is 3.17. The number of rotatable bonds is 2. The molecule has 1 nitrogen and oxygen atoms in total. The van der Waals surface area contributed by atoms with Crippen LogP contribution in [0, 0.1) is 5.82 Å². The van der Waals surface area contributed by atoms with Gasteiger partial charge in [0.2, 0.25) is 0 Å². The van der Waals surface area contributed by atoms with E-state index in [-0.39, 0.29) is 5.82 Å². The third-order valence-corrected chi connectivity index (χ3v) is 3.60. The largest absolute Gasteiger partial charge is 0.490 e. The molecule has 0 unspecified atom stereocenters. The molecular weight excluding hydrogens is 271 g/mol. The molecule has 88 valence electrons. The Morgan fingerprint density at radius 3 is 2.44 bits per heavy atom. The average Bonchev–Trinajstić information content (AvgIpc) is 2.52. The lowest BCUT2D eigenvalue weighted by molar-refractivity contribution is 0.183. The molecule has 0 heterocycles. The molecule has 0 radical (unpaired) electrons. The first-order valence-electron chi connectivity index (χ1n) is 5.87. The van der Waals surface area contributed by atoms with Crippen LogP contribution in [-0.2, 0) is 0 Å². The SMILES string of the molecule is Fc1ccc(OC2CCCCCC2)cc1Br. The van der Waals surface area contributed by atoms with Gasteiger partial charge in [0.05, 0.1) is 10.6 Å². The summed E-state index contributed by atoms with van der Waals surface area (Å²) < 4.78 is 19.4. The predicted molar refractivity (Wildman–Crippen MR) is 66.2 cm³/mol. The zero-order valence-electron chi connectivity index (χ0n) is 9.22. The Hall–Kier alpha value is -0.570. The van der Waals surface area contributed by atoms with Crippen molar-refractivity contribution in [1.82, 2.24) is 0 Å². The summed E-state index contributed by atoms with van der Waals surface area (Å²) in [4.78, 5) is 0. The number of halogens is 2. The first-order valence-corrected chi connectivity index (χ1v) is 6.67. The van der Waals surface area contributed by atoms with Gasteiger partial charge >= 0.3 is 0 Å². The number of hydrogen-bond acceptors (Lipinski definition) is 1. The van der Waals surface area contributed by atoms with E-state index >= 15 is 0 Å². The molecule has 1 aliphatic carbocycles. The maximum Gasteiger partial charge on any atom is 0.137 e. The second-order valence-electron chi connectivity index (χ2n) is 4.31. The van der Waals surface area contributed by atoms with Gasteiger partial charge in [0.1, 0.15) is 11.6 Å². The topological polar surface area (TPSA) is 9.23 Å². The van der Waals surface area contributed by atoms with Gasteiger partial charge in [-0.15, -0.1) is 0 Å². The average molecular weight is 287 g/mol. The summed E-state index contributed by atoms with van der Waals surface area (Å²) in [6, 6.07) is 4.85.